The zero-order valence-electron chi connectivity index (χ0n) is 14.8. The first-order valence-electron chi connectivity index (χ1n) is 8.46. The molecule has 0 aliphatic carbocycles. The van der Waals surface area contributed by atoms with Crippen LogP contribution >= 0.6 is 11.5 Å². The normalized spacial score (nSPS) is 11.3. The first-order chi connectivity index (χ1) is 12.7. The van der Waals surface area contributed by atoms with Crippen LogP contribution in [0.3, 0.4) is 0 Å². The standard InChI is InChI=1S/C20H19N5S/c1-14-19(26-24-23-14)13-25(2)12-15-10-21-20(22-11-15)18-9-5-7-16-6-3-4-8-17(16)18/h3-11H,12-13H2,1-2H3. The predicted molar refractivity (Wildman–Crippen MR) is 105 cm³/mol. The largest absolute Gasteiger partial charge is 0.297 e. The van der Waals surface area contributed by atoms with Crippen molar-refractivity contribution in [2.75, 3.05) is 7.05 Å². The molecule has 6 heteroatoms. The highest BCUT2D eigenvalue weighted by Gasteiger charge is 2.09. The van der Waals surface area contributed by atoms with E-state index in [9.17, 15) is 0 Å². The van der Waals surface area contributed by atoms with Crippen molar-refractivity contribution < 1.29 is 0 Å². The van der Waals surface area contributed by atoms with Gasteiger partial charge in [0.05, 0.1) is 10.6 Å². The van der Waals surface area contributed by atoms with Crippen LogP contribution in [0.4, 0.5) is 0 Å². The topological polar surface area (TPSA) is 54.8 Å². The maximum Gasteiger partial charge on any atom is 0.159 e. The van der Waals surface area contributed by atoms with E-state index in [1.807, 2.05) is 37.5 Å². The van der Waals surface area contributed by atoms with E-state index in [1.54, 1.807) is 0 Å². The summed E-state index contributed by atoms with van der Waals surface area (Å²) in [4.78, 5) is 12.6. The van der Waals surface area contributed by atoms with Crippen LogP contribution in [-0.4, -0.2) is 31.5 Å². The molecule has 0 aliphatic heterocycles. The minimum Gasteiger partial charge on any atom is -0.297 e. The lowest BCUT2D eigenvalue weighted by atomic mass is 10.0. The summed E-state index contributed by atoms with van der Waals surface area (Å²) in [6.07, 6.45) is 3.83. The van der Waals surface area contributed by atoms with Gasteiger partial charge in [-0.1, -0.05) is 47.0 Å². The molecular formula is C20H19N5S. The summed E-state index contributed by atoms with van der Waals surface area (Å²) < 4.78 is 3.99. The second-order valence-corrected chi connectivity index (χ2v) is 7.23. The van der Waals surface area contributed by atoms with Gasteiger partial charge in [-0.05, 0) is 36.3 Å². The summed E-state index contributed by atoms with van der Waals surface area (Å²) in [7, 11) is 2.08. The van der Waals surface area contributed by atoms with Gasteiger partial charge in [-0.3, -0.25) is 4.90 Å². The van der Waals surface area contributed by atoms with E-state index >= 15 is 0 Å². The number of benzene rings is 2. The number of nitrogens with zero attached hydrogens (tertiary/aromatic N) is 5. The van der Waals surface area contributed by atoms with Gasteiger partial charge in [-0.2, -0.15) is 0 Å². The highest BCUT2D eigenvalue weighted by molar-refractivity contribution is 7.05. The molecule has 0 amide bonds. The van der Waals surface area contributed by atoms with Crippen LogP contribution in [0.15, 0.2) is 54.9 Å². The maximum absolute atomic E-state index is 4.61. The molecule has 4 rings (SSSR count). The smallest absolute Gasteiger partial charge is 0.159 e. The molecule has 5 nitrogen and oxygen atoms in total. The Balaban J connectivity index is 1.52. The maximum atomic E-state index is 4.61. The van der Waals surface area contributed by atoms with Crippen LogP contribution in [0.1, 0.15) is 16.1 Å². The molecule has 0 bridgehead atoms. The SMILES string of the molecule is Cc1nnsc1CN(C)Cc1cnc(-c2cccc3ccccc23)nc1. The molecule has 0 spiro atoms. The molecule has 130 valence electrons. The second kappa shape index (κ2) is 7.27. The molecule has 0 atom stereocenters. The highest BCUT2D eigenvalue weighted by Crippen LogP contribution is 2.25. The summed E-state index contributed by atoms with van der Waals surface area (Å²) in [5.41, 5.74) is 3.16. The number of hydrogen-bond donors (Lipinski definition) is 0. The van der Waals surface area contributed by atoms with Gasteiger partial charge in [-0.15, -0.1) is 5.10 Å². The zero-order valence-corrected chi connectivity index (χ0v) is 15.6. The lowest BCUT2D eigenvalue weighted by Crippen LogP contribution is -2.17. The van der Waals surface area contributed by atoms with Gasteiger partial charge < -0.3 is 0 Å². The fourth-order valence-electron chi connectivity index (χ4n) is 3.00. The summed E-state index contributed by atoms with van der Waals surface area (Å²) in [5.74, 6) is 0.760. The Kier molecular flexibility index (Phi) is 4.69. The number of aryl methyl sites for hydroxylation is 1. The Labute approximate surface area is 156 Å². The Morgan fingerprint density at radius 2 is 1.73 bits per heavy atom. The molecule has 0 N–H and O–H groups in total. The highest BCUT2D eigenvalue weighted by atomic mass is 32.1. The minimum absolute atomic E-state index is 0.760. The van der Waals surface area contributed by atoms with Gasteiger partial charge in [0, 0.05) is 36.6 Å². The van der Waals surface area contributed by atoms with Gasteiger partial charge in [0.15, 0.2) is 5.82 Å². The molecule has 26 heavy (non-hydrogen) atoms. The van der Waals surface area contributed by atoms with Gasteiger partial charge in [0.2, 0.25) is 0 Å². The molecule has 4 aromatic rings. The van der Waals surface area contributed by atoms with E-state index in [0.29, 0.717) is 0 Å². The van der Waals surface area contributed by atoms with E-state index in [0.717, 1.165) is 35.7 Å². The Bertz CT molecular complexity index is 1020. The molecule has 0 saturated heterocycles. The molecule has 0 aliphatic rings. The summed E-state index contributed by atoms with van der Waals surface area (Å²) in [5, 5.41) is 6.44. The quantitative estimate of drug-likeness (QED) is 0.536. The van der Waals surface area contributed by atoms with Gasteiger partial charge in [0.1, 0.15) is 0 Å². The Hall–Kier alpha value is -2.70. The van der Waals surface area contributed by atoms with E-state index in [2.05, 4.69) is 55.8 Å². The van der Waals surface area contributed by atoms with Crippen molar-refractivity contribution >= 4 is 22.3 Å². The summed E-state index contributed by atoms with van der Waals surface area (Å²) >= 11 is 1.46. The van der Waals surface area contributed by atoms with Gasteiger partial charge in [-0.25, -0.2) is 9.97 Å². The van der Waals surface area contributed by atoms with Crippen LogP contribution in [0.25, 0.3) is 22.2 Å². The fraction of sp³-hybridized carbons (Fsp3) is 0.200. The fourth-order valence-corrected chi connectivity index (χ4v) is 3.72. The van der Waals surface area contributed by atoms with Crippen molar-refractivity contribution in [3.05, 3.63) is 71.0 Å². The number of hydrogen-bond acceptors (Lipinski definition) is 6. The monoisotopic (exact) mass is 361 g/mol. The summed E-state index contributed by atoms with van der Waals surface area (Å²) in [6.45, 7) is 3.61. The first-order valence-corrected chi connectivity index (χ1v) is 9.23. The van der Waals surface area contributed by atoms with E-state index in [4.69, 9.17) is 0 Å². The third-order valence-electron chi connectivity index (χ3n) is 4.35. The van der Waals surface area contributed by atoms with Gasteiger partial charge in [0.25, 0.3) is 0 Å². The molecular weight excluding hydrogens is 342 g/mol. The van der Waals surface area contributed by atoms with Crippen LogP contribution in [-0.2, 0) is 13.1 Å². The van der Waals surface area contributed by atoms with Crippen LogP contribution in [0.5, 0.6) is 0 Å². The number of rotatable bonds is 5. The van der Waals surface area contributed by atoms with Crippen LogP contribution in [0.2, 0.25) is 0 Å². The van der Waals surface area contributed by atoms with Crippen LogP contribution in [0, 0.1) is 6.92 Å². The van der Waals surface area contributed by atoms with Crippen molar-refractivity contribution in [2.24, 2.45) is 0 Å². The molecule has 0 unspecified atom stereocenters. The molecule has 2 aromatic heterocycles. The van der Waals surface area contributed by atoms with E-state index < -0.39 is 0 Å². The summed E-state index contributed by atoms with van der Waals surface area (Å²) in [6, 6.07) is 14.5. The lowest BCUT2D eigenvalue weighted by Gasteiger charge is -2.15. The van der Waals surface area contributed by atoms with Gasteiger partial charge >= 0.3 is 0 Å². The molecule has 0 saturated carbocycles. The first kappa shape index (κ1) is 16.8. The van der Waals surface area contributed by atoms with Crippen LogP contribution < -0.4 is 0 Å². The van der Waals surface area contributed by atoms with E-state index in [-0.39, 0.29) is 0 Å². The van der Waals surface area contributed by atoms with Crippen molar-refractivity contribution in [2.45, 2.75) is 20.0 Å². The minimum atomic E-state index is 0.760. The molecule has 2 aromatic carbocycles. The molecule has 0 fully saturated rings. The average molecular weight is 361 g/mol. The second-order valence-electron chi connectivity index (χ2n) is 6.40. The average Bonchev–Trinajstić information content (AvgIpc) is 3.06. The lowest BCUT2D eigenvalue weighted by molar-refractivity contribution is 0.320. The third kappa shape index (κ3) is 3.47. The molecule has 2 heterocycles. The Morgan fingerprint density at radius 1 is 0.962 bits per heavy atom. The predicted octanol–water partition coefficient (Wildman–Crippen LogP) is 4.09. The third-order valence-corrected chi connectivity index (χ3v) is 5.16. The van der Waals surface area contributed by atoms with Crippen molar-refractivity contribution in [3.63, 3.8) is 0 Å². The van der Waals surface area contributed by atoms with Crippen molar-refractivity contribution in [3.8, 4) is 11.4 Å². The molecule has 0 radical (unpaired) electrons. The Morgan fingerprint density at radius 3 is 2.50 bits per heavy atom. The van der Waals surface area contributed by atoms with Crippen molar-refractivity contribution in [1.82, 2.24) is 24.5 Å². The number of fused-ring (bicyclic) bond motifs is 1. The van der Waals surface area contributed by atoms with E-state index in [1.165, 1.54) is 27.2 Å². The van der Waals surface area contributed by atoms with Crippen molar-refractivity contribution in [1.29, 1.82) is 0 Å². The zero-order chi connectivity index (χ0) is 17.9. The number of aromatic nitrogens is 4.